The molecule has 1 unspecified atom stereocenters. The first-order chi connectivity index (χ1) is 17.4. The van der Waals surface area contributed by atoms with Gasteiger partial charge in [0.05, 0.1) is 11.7 Å². The van der Waals surface area contributed by atoms with Crippen molar-refractivity contribution in [3.05, 3.63) is 47.4 Å². The summed E-state index contributed by atoms with van der Waals surface area (Å²) in [5.74, 6) is -0.177. The number of hydrogen-bond donors (Lipinski definition) is 1. The van der Waals surface area contributed by atoms with E-state index in [1.807, 2.05) is 43.3 Å². The molecule has 1 aromatic carbocycles. The van der Waals surface area contributed by atoms with Crippen LogP contribution in [0.5, 0.6) is 0 Å². The number of benzene rings is 1. The summed E-state index contributed by atoms with van der Waals surface area (Å²) in [6.45, 7) is 1.56. The molecule has 1 aliphatic heterocycles. The molecule has 1 aliphatic carbocycles. The van der Waals surface area contributed by atoms with Crippen molar-refractivity contribution in [2.24, 2.45) is 7.05 Å². The highest BCUT2D eigenvalue weighted by molar-refractivity contribution is 5.94. The molecule has 10 nitrogen and oxygen atoms in total. The van der Waals surface area contributed by atoms with E-state index in [0.29, 0.717) is 51.0 Å². The number of fused-ring (bicyclic) bond motifs is 2. The van der Waals surface area contributed by atoms with E-state index in [1.165, 1.54) is 0 Å². The van der Waals surface area contributed by atoms with Crippen molar-refractivity contribution in [1.29, 1.82) is 0 Å². The summed E-state index contributed by atoms with van der Waals surface area (Å²) in [7, 11) is 3.72. The molecule has 190 valence electrons. The summed E-state index contributed by atoms with van der Waals surface area (Å²) in [6, 6.07) is 7.84. The molecule has 2 bridgehead atoms. The maximum atomic E-state index is 13.3. The average molecular weight is 492 g/mol. The Morgan fingerprint density at radius 3 is 2.78 bits per heavy atom. The molecule has 3 aromatic rings. The van der Waals surface area contributed by atoms with E-state index in [9.17, 15) is 14.4 Å². The Balaban J connectivity index is 1.32. The minimum Gasteiger partial charge on any atom is -0.351 e. The molecule has 0 spiro atoms. The molecule has 0 radical (unpaired) electrons. The molecular formula is C26H33N7O3. The van der Waals surface area contributed by atoms with Gasteiger partial charge in [-0.25, -0.2) is 0 Å². The van der Waals surface area contributed by atoms with Crippen LogP contribution in [0.25, 0.3) is 10.9 Å². The van der Waals surface area contributed by atoms with Crippen molar-refractivity contribution in [1.82, 2.24) is 34.7 Å². The number of rotatable bonds is 2. The van der Waals surface area contributed by atoms with Gasteiger partial charge in [-0.2, -0.15) is 10.2 Å². The topological polar surface area (TPSA) is 105 Å². The highest BCUT2D eigenvalue weighted by Gasteiger charge is 2.31. The van der Waals surface area contributed by atoms with Gasteiger partial charge in [0.25, 0.3) is 5.91 Å². The fourth-order valence-corrected chi connectivity index (χ4v) is 5.38. The Hall–Kier alpha value is -3.69. The number of carbonyl (C=O) groups excluding carboxylic acids is 3. The number of amides is 3. The molecule has 2 aliphatic rings. The number of para-hydroxylation sites is 1. The van der Waals surface area contributed by atoms with Crippen LogP contribution >= 0.6 is 0 Å². The largest absolute Gasteiger partial charge is 0.351 e. The molecular weight excluding hydrogens is 458 g/mol. The predicted octanol–water partition coefficient (Wildman–Crippen LogP) is 1.53. The Bertz CT molecular complexity index is 1290. The number of aryl methyl sites for hydroxylation is 1. The first-order valence-corrected chi connectivity index (χ1v) is 12.7. The van der Waals surface area contributed by atoms with E-state index in [4.69, 9.17) is 0 Å². The van der Waals surface area contributed by atoms with Crippen LogP contribution in [0.1, 0.15) is 47.4 Å². The Morgan fingerprint density at radius 1 is 1.11 bits per heavy atom. The Labute approximate surface area is 210 Å². The van der Waals surface area contributed by atoms with Crippen LogP contribution in [0.2, 0.25) is 0 Å². The van der Waals surface area contributed by atoms with Crippen molar-refractivity contribution < 1.29 is 14.4 Å². The number of hydrogen-bond acceptors (Lipinski definition) is 5. The summed E-state index contributed by atoms with van der Waals surface area (Å²) in [5, 5.41) is 12.9. The van der Waals surface area contributed by atoms with Crippen molar-refractivity contribution in [2.45, 2.75) is 51.1 Å². The van der Waals surface area contributed by atoms with Gasteiger partial charge in [0.2, 0.25) is 11.8 Å². The second-order valence-corrected chi connectivity index (χ2v) is 9.75. The van der Waals surface area contributed by atoms with Crippen LogP contribution in [-0.2, 0) is 36.0 Å². The zero-order valence-electron chi connectivity index (χ0n) is 20.9. The zero-order chi connectivity index (χ0) is 25.2. The minimum absolute atomic E-state index is 0.0386. The van der Waals surface area contributed by atoms with Gasteiger partial charge < -0.3 is 15.1 Å². The third-order valence-corrected chi connectivity index (χ3v) is 7.48. The van der Waals surface area contributed by atoms with Gasteiger partial charge in [-0.3, -0.25) is 23.7 Å². The second kappa shape index (κ2) is 10.1. The smallest absolute Gasteiger partial charge is 0.272 e. The lowest BCUT2D eigenvalue weighted by atomic mass is 9.90. The second-order valence-electron chi connectivity index (χ2n) is 9.75. The third-order valence-electron chi connectivity index (χ3n) is 7.48. The standard InChI is InChI=1S/C26H33N7O3/c1-30-19-10-11-22-20(15-19)25(29-31(22)2)26(36)27-12-6-14-32(13-5-9-23(30)34)24(35)17-33-21-8-4-3-7-18(21)16-28-33/h3-4,7-8,16,19H,5-6,9-15,17H2,1-2H3,(H,27,36). The summed E-state index contributed by atoms with van der Waals surface area (Å²) >= 11 is 0. The number of nitrogens with one attached hydrogen (secondary N) is 1. The fraction of sp³-hybridized carbons (Fsp3) is 0.500. The van der Waals surface area contributed by atoms with Crippen LogP contribution in [-0.4, -0.2) is 79.8 Å². The monoisotopic (exact) mass is 491 g/mol. The number of likely N-dealkylation sites (N-methyl/N-ethyl adjacent to an activating group) is 1. The average Bonchev–Trinajstić information content (AvgIpc) is 3.44. The highest BCUT2D eigenvalue weighted by Crippen LogP contribution is 2.27. The molecule has 3 heterocycles. The van der Waals surface area contributed by atoms with Crippen LogP contribution in [0.3, 0.4) is 0 Å². The van der Waals surface area contributed by atoms with Crippen LogP contribution in [0.4, 0.5) is 0 Å². The number of carbonyl (C=O) groups is 3. The van der Waals surface area contributed by atoms with E-state index in [-0.39, 0.29) is 30.3 Å². The number of nitrogens with zero attached hydrogens (tertiary/aromatic N) is 6. The third kappa shape index (κ3) is 4.72. The Kier molecular flexibility index (Phi) is 6.75. The predicted molar refractivity (Wildman–Crippen MR) is 134 cm³/mol. The van der Waals surface area contributed by atoms with E-state index in [0.717, 1.165) is 35.0 Å². The lowest BCUT2D eigenvalue weighted by Crippen LogP contribution is -2.41. The fourth-order valence-electron chi connectivity index (χ4n) is 5.38. The van der Waals surface area contributed by atoms with Gasteiger partial charge in [0.15, 0.2) is 5.69 Å². The van der Waals surface area contributed by atoms with Crippen molar-refractivity contribution in [3.8, 4) is 0 Å². The summed E-state index contributed by atoms with van der Waals surface area (Å²) in [6.07, 6.45) is 5.62. The quantitative estimate of drug-likeness (QED) is 0.585. The SMILES string of the molecule is CN1C(=O)CCCN(C(=O)Cn2ncc3ccccc32)CCCNC(=O)c2nn(C)c3c2CC1CC3. The van der Waals surface area contributed by atoms with E-state index < -0.39 is 0 Å². The van der Waals surface area contributed by atoms with Crippen molar-refractivity contribution >= 4 is 28.6 Å². The van der Waals surface area contributed by atoms with E-state index in [1.54, 1.807) is 20.5 Å². The molecule has 1 atom stereocenters. The van der Waals surface area contributed by atoms with Gasteiger partial charge in [0.1, 0.15) is 6.54 Å². The van der Waals surface area contributed by atoms with Crippen LogP contribution in [0.15, 0.2) is 30.5 Å². The minimum atomic E-state index is -0.197. The first kappa shape index (κ1) is 24.0. The summed E-state index contributed by atoms with van der Waals surface area (Å²) in [5.41, 5.74) is 3.38. The van der Waals surface area contributed by atoms with E-state index in [2.05, 4.69) is 15.5 Å². The van der Waals surface area contributed by atoms with Crippen molar-refractivity contribution in [3.63, 3.8) is 0 Å². The molecule has 1 N–H and O–H groups in total. The molecule has 36 heavy (non-hydrogen) atoms. The van der Waals surface area contributed by atoms with Gasteiger partial charge in [-0.05, 0) is 38.2 Å². The maximum absolute atomic E-state index is 13.3. The molecule has 3 amide bonds. The zero-order valence-corrected chi connectivity index (χ0v) is 20.9. The van der Waals surface area contributed by atoms with E-state index >= 15 is 0 Å². The lowest BCUT2D eigenvalue weighted by Gasteiger charge is -2.32. The van der Waals surface area contributed by atoms with Gasteiger partial charge in [0, 0.05) is 62.8 Å². The normalized spacial score (nSPS) is 19.7. The molecule has 0 fully saturated rings. The molecule has 0 saturated carbocycles. The van der Waals surface area contributed by atoms with Gasteiger partial charge in [-0.1, -0.05) is 18.2 Å². The molecule has 5 rings (SSSR count). The lowest BCUT2D eigenvalue weighted by molar-refractivity contribution is -0.134. The first-order valence-electron chi connectivity index (χ1n) is 12.7. The number of aromatic nitrogens is 4. The van der Waals surface area contributed by atoms with Gasteiger partial charge in [-0.15, -0.1) is 0 Å². The van der Waals surface area contributed by atoms with Crippen molar-refractivity contribution in [2.75, 3.05) is 26.7 Å². The maximum Gasteiger partial charge on any atom is 0.272 e. The van der Waals surface area contributed by atoms with Crippen LogP contribution < -0.4 is 5.32 Å². The molecule has 2 aromatic heterocycles. The van der Waals surface area contributed by atoms with Crippen LogP contribution in [0, 0.1) is 0 Å². The highest BCUT2D eigenvalue weighted by atomic mass is 16.2. The Morgan fingerprint density at radius 2 is 1.92 bits per heavy atom. The molecule has 0 saturated heterocycles. The van der Waals surface area contributed by atoms with Gasteiger partial charge >= 0.3 is 0 Å². The summed E-state index contributed by atoms with van der Waals surface area (Å²) < 4.78 is 3.51. The summed E-state index contributed by atoms with van der Waals surface area (Å²) in [4.78, 5) is 42.8. The molecule has 10 heteroatoms.